The van der Waals surface area contributed by atoms with Crippen LogP contribution in [-0.4, -0.2) is 36.8 Å². The maximum atomic E-state index is 6.63. The van der Waals surface area contributed by atoms with E-state index in [4.69, 9.17) is 23.7 Å². The summed E-state index contributed by atoms with van der Waals surface area (Å²) in [7, 11) is 1.64. The Morgan fingerprint density at radius 1 is 0.697 bits per heavy atom. The molecule has 1 aliphatic carbocycles. The van der Waals surface area contributed by atoms with E-state index in [2.05, 4.69) is 24.3 Å². The van der Waals surface area contributed by atoms with E-state index in [0.29, 0.717) is 19.8 Å². The summed E-state index contributed by atoms with van der Waals surface area (Å²) in [5.41, 5.74) is 1.66. The first-order valence-corrected chi connectivity index (χ1v) is 11.4. The fourth-order valence-corrected chi connectivity index (χ4v) is 4.81. The second-order valence-electron chi connectivity index (χ2n) is 8.79. The molecule has 0 radical (unpaired) electrons. The van der Waals surface area contributed by atoms with E-state index in [-0.39, 0.29) is 12.2 Å². The SMILES string of the molecule is COC1O[C@@H]2C(OCc3ccccc3)[C@]2(OCc2ccccc2)[C@@]1(C)OCc1ccccc1. The van der Waals surface area contributed by atoms with Crippen LogP contribution >= 0.6 is 0 Å². The Hall–Kier alpha value is -2.54. The standard InChI is InChI=1S/C28H30O5/c1-27(31-19-22-14-8-4-9-15-22)26(29-2)33-25-24(30-18-21-12-6-3-7-13-21)28(25,27)32-20-23-16-10-5-11-17-23/h3-17,24-26H,18-20H2,1-2H3/t24?,25-,26?,27+,28-/m1/s1. The molecule has 5 nitrogen and oxygen atoms in total. The number of hydrogen-bond donors (Lipinski definition) is 0. The summed E-state index contributed by atoms with van der Waals surface area (Å²) in [4.78, 5) is 0. The zero-order valence-electron chi connectivity index (χ0n) is 19.1. The van der Waals surface area contributed by atoms with Crippen molar-refractivity contribution in [3.05, 3.63) is 108 Å². The summed E-state index contributed by atoms with van der Waals surface area (Å²) in [5.74, 6) is 0. The van der Waals surface area contributed by atoms with Crippen LogP contribution < -0.4 is 0 Å². The number of ether oxygens (including phenoxy) is 5. The molecule has 0 bridgehead atoms. The highest BCUT2D eigenvalue weighted by atomic mass is 16.8. The Morgan fingerprint density at radius 2 is 1.18 bits per heavy atom. The van der Waals surface area contributed by atoms with Gasteiger partial charge in [0.15, 0.2) is 17.5 Å². The maximum Gasteiger partial charge on any atom is 0.189 e. The first-order chi connectivity index (χ1) is 16.2. The van der Waals surface area contributed by atoms with Crippen molar-refractivity contribution in [3.63, 3.8) is 0 Å². The molecule has 0 amide bonds. The summed E-state index contributed by atoms with van der Waals surface area (Å²) < 4.78 is 31.5. The molecule has 1 heterocycles. The molecule has 1 saturated heterocycles. The second kappa shape index (κ2) is 9.37. The third kappa shape index (κ3) is 4.12. The molecule has 5 heteroatoms. The van der Waals surface area contributed by atoms with E-state index in [1.165, 1.54) is 0 Å². The molecule has 5 rings (SSSR count). The molecule has 2 aliphatic rings. The highest BCUT2D eigenvalue weighted by Crippen LogP contribution is 2.62. The molecule has 0 spiro atoms. The van der Waals surface area contributed by atoms with Gasteiger partial charge in [0.25, 0.3) is 0 Å². The molecule has 0 aromatic heterocycles. The Bertz CT molecular complexity index is 1030. The first kappa shape index (κ1) is 22.3. The molecule has 1 saturated carbocycles. The van der Waals surface area contributed by atoms with Crippen LogP contribution in [0.25, 0.3) is 0 Å². The lowest BCUT2D eigenvalue weighted by molar-refractivity contribution is -0.259. The van der Waals surface area contributed by atoms with E-state index in [1.807, 2.05) is 73.7 Å². The third-order valence-electron chi connectivity index (χ3n) is 6.70. The van der Waals surface area contributed by atoms with Crippen molar-refractivity contribution < 1.29 is 23.7 Å². The van der Waals surface area contributed by atoms with Crippen molar-refractivity contribution >= 4 is 0 Å². The molecule has 2 fully saturated rings. The minimum atomic E-state index is -0.849. The molecular formula is C28H30O5. The molecule has 172 valence electrons. The van der Waals surface area contributed by atoms with Crippen LogP contribution in [0, 0.1) is 0 Å². The van der Waals surface area contributed by atoms with Gasteiger partial charge in [-0.2, -0.15) is 0 Å². The van der Waals surface area contributed by atoms with Crippen molar-refractivity contribution in [1.82, 2.24) is 0 Å². The average Bonchev–Trinajstić information content (AvgIpc) is 3.43. The minimum Gasteiger partial charge on any atom is -0.367 e. The summed E-state index contributed by atoms with van der Waals surface area (Å²) in [6.07, 6.45) is -1.08. The number of fused-ring (bicyclic) bond motifs is 1. The Kier molecular flexibility index (Phi) is 6.32. The first-order valence-electron chi connectivity index (χ1n) is 11.4. The van der Waals surface area contributed by atoms with Crippen molar-refractivity contribution in [2.45, 2.75) is 56.4 Å². The van der Waals surface area contributed by atoms with Gasteiger partial charge >= 0.3 is 0 Å². The summed E-state index contributed by atoms with van der Waals surface area (Å²) in [6, 6.07) is 30.4. The van der Waals surface area contributed by atoms with Crippen LogP contribution in [-0.2, 0) is 43.5 Å². The topological polar surface area (TPSA) is 46.2 Å². The monoisotopic (exact) mass is 446 g/mol. The van der Waals surface area contributed by atoms with Crippen molar-refractivity contribution in [2.24, 2.45) is 0 Å². The summed E-state index contributed by atoms with van der Waals surface area (Å²) in [5, 5.41) is 0. The highest BCUT2D eigenvalue weighted by Gasteiger charge is 2.85. The number of rotatable bonds is 10. The molecule has 3 aromatic rings. The van der Waals surface area contributed by atoms with Crippen LogP contribution in [0.3, 0.4) is 0 Å². The molecular weight excluding hydrogens is 416 g/mol. The van der Waals surface area contributed by atoms with Crippen LogP contribution in [0.2, 0.25) is 0 Å². The lowest BCUT2D eigenvalue weighted by Crippen LogP contribution is -2.55. The largest absolute Gasteiger partial charge is 0.367 e. The Labute approximate surface area is 195 Å². The molecule has 3 aromatic carbocycles. The van der Waals surface area contributed by atoms with Gasteiger partial charge in [-0.05, 0) is 23.6 Å². The highest BCUT2D eigenvalue weighted by molar-refractivity contribution is 5.33. The molecule has 2 unspecified atom stereocenters. The van der Waals surface area contributed by atoms with E-state index < -0.39 is 17.5 Å². The lowest BCUT2D eigenvalue weighted by Gasteiger charge is -2.38. The average molecular weight is 447 g/mol. The lowest BCUT2D eigenvalue weighted by atomic mass is 9.95. The Morgan fingerprint density at radius 3 is 1.70 bits per heavy atom. The maximum absolute atomic E-state index is 6.63. The van der Waals surface area contributed by atoms with Gasteiger partial charge in [0.2, 0.25) is 0 Å². The number of benzene rings is 3. The fraction of sp³-hybridized carbons (Fsp3) is 0.357. The van der Waals surface area contributed by atoms with Crippen LogP contribution in [0.5, 0.6) is 0 Å². The van der Waals surface area contributed by atoms with Crippen molar-refractivity contribution in [1.29, 1.82) is 0 Å². The van der Waals surface area contributed by atoms with Crippen molar-refractivity contribution in [3.8, 4) is 0 Å². The van der Waals surface area contributed by atoms with Crippen LogP contribution in [0.1, 0.15) is 23.6 Å². The predicted molar refractivity (Wildman–Crippen MR) is 124 cm³/mol. The van der Waals surface area contributed by atoms with Crippen LogP contribution in [0.4, 0.5) is 0 Å². The zero-order valence-corrected chi connectivity index (χ0v) is 19.1. The number of hydrogen-bond acceptors (Lipinski definition) is 5. The van der Waals surface area contributed by atoms with E-state index in [1.54, 1.807) is 7.11 Å². The summed E-state index contributed by atoms with van der Waals surface area (Å²) >= 11 is 0. The van der Waals surface area contributed by atoms with Gasteiger partial charge in [0.1, 0.15) is 12.2 Å². The molecule has 33 heavy (non-hydrogen) atoms. The fourth-order valence-electron chi connectivity index (χ4n) is 4.81. The van der Waals surface area contributed by atoms with Gasteiger partial charge in [-0.1, -0.05) is 91.0 Å². The minimum absolute atomic E-state index is 0.256. The quantitative estimate of drug-likeness (QED) is 0.444. The Balaban J connectivity index is 1.39. The summed E-state index contributed by atoms with van der Waals surface area (Å²) in [6.45, 7) is 3.36. The van der Waals surface area contributed by atoms with E-state index in [9.17, 15) is 0 Å². The predicted octanol–water partition coefficient (Wildman–Crippen LogP) is 4.89. The van der Waals surface area contributed by atoms with Gasteiger partial charge in [0, 0.05) is 7.11 Å². The third-order valence-corrected chi connectivity index (χ3v) is 6.70. The van der Waals surface area contributed by atoms with Gasteiger partial charge in [0.05, 0.1) is 19.8 Å². The van der Waals surface area contributed by atoms with Crippen molar-refractivity contribution in [2.75, 3.05) is 7.11 Å². The molecule has 5 atom stereocenters. The van der Waals surface area contributed by atoms with E-state index in [0.717, 1.165) is 16.7 Å². The number of methoxy groups -OCH3 is 1. The second-order valence-corrected chi connectivity index (χ2v) is 8.79. The van der Waals surface area contributed by atoms with Crippen LogP contribution in [0.15, 0.2) is 91.0 Å². The van der Waals surface area contributed by atoms with Gasteiger partial charge in [-0.3, -0.25) is 0 Å². The van der Waals surface area contributed by atoms with E-state index >= 15 is 0 Å². The van der Waals surface area contributed by atoms with Gasteiger partial charge in [-0.15, -0.1) is 0 Å². The molecule has 0 N–H and O–H groups in total. The normalized spacial score (nSPS) is 30.2. The zero-order chi connectivity index (χ0) is 22.7. The van der Waals surface area contributed by atoms with Gasteiger partial charge in [-0.25, -0.2) is 0 Å². The smallest absolute Gasteiger partial charge is 0.189 e. The van der Waals surface area contributed by atoms with Gasteiger partial charge < -0.3 is 23.7 Å². The molecule has 1 aliphatic heterocycles.